The molecule has 1 atom stereocenters. The zero-order valence-corrected chi connectivity index (χ0v) is 14.8. The van der Waals surface area contributed by atoms with Crippen LogP contribution in [0.5, 0.6) is 5.75 Å². The molecule has 2 heterocycles. The third-order valence-corrected chi connectivity index (χ3v) is 4.47. The molecule has 140 valence electrons. The minimum atomic E-state index is -0.624. The van der Waals surface area contributed by atoms with Crippen LogP contribution in [0.2, 0.25) is 0 Å². The number of likely N-dealkylation sites (tertiary alicyclic amines) is 1. The molecular formula is C18H23N3O5. The van der Waals surface area contributed by atoms with Crippen LogP contribution < -0.4 is 10.1 Å². The van der Waals surface area contributed by atoms with Crippen LogP contribution in [0.4, 0.5) is 15.3 Å². The van der Waals surface area contributed by atoms with Gasteiger partial charge in [0.1, 0.15) is 5.75 Å². The predicted molar refractivity (Wildman–Crippen MR) is 94.0 cm³/mol. The molecular weight excluding hydrogens is 338 g/mol. The van der Waals surface area contributed by atoms with Gasteiger partial charge >= 0.3 is 12.1 Å². The van der Waals surface area contributed by atoms with E-state index in [0.29, 0.717) is 31.8 Å². The van der Waals surface area contributed by atoms with Crippen molar-refractivity contribution in [2.75, 3.05) is 31.6 Å². The number of hydrogen-bond acceptors (Lipinski definition) is 5. The summed E-state index contributed by atoms with van der Waals surface area (Å²) in [4.78, 5) is 38.4. The van der Waals surface area contributed by atoms with E-state index in [1.54, 1.807) is 17.0 Å². The van der Waals surface area contributed by atoms with Crippen molar-refractivity contribution in [3.8, 4) is 5.75 Å². The Labute approximate surface area is 152 Å². The Hall–Kier alpha value is -2.77. The van der Waals surface area contributed by atoms with Crippen molar-refractivity contribution in [3.05, 3.63) is 24.3 Å². The first-order valence-electron chi connectivity index (χ1n) is 8.86. The van der Waals surface area contributed by atoms with Gasteiger partial charge in [0.2, 0.25) is 0 Å². The molecule has 1 aromatic carbocycles. The van der Waals surface area contributed by atoms with Crippen molar-refractivity contribution in [2.45, 2.75) is 32.2 Å². The topological polar surface area (TPSA) is 88.2 Å². The minimum Gasteiger partial charge on any atom is -0.494 e. The highest BCUT2D eigenvalue weighted by molar-refractivity contribution is 5.98. The normalized spacial score (nSPS) is 19.7. The first kappa shape index (κ1) is 18.0. The number of amides is 4. The largest absolute Gasteiger partial charge is 0.494 e. The van der Waals surface area contributed by atoms with Gasteiger partial charge in [0, 0.05) is 18.8 Å². The highest BCUT2D eigenvalue weighted by Gasteiger charge is 2.41. The monoisotopic (exact) mass is 361 g/mol. The van der Waals surface area contributed by atoms with Gasteiger partial charge in [-0.05, 0) is 37.1 Å². The number of unbranched alkanes of at least 4 members (excludes halogenated alkanes) is 1. The van der Waals surface area contributed by atoms with E-state index in [-0.39, 0.29) is 24.6 Å². The number of nitrogens with one attached hydrogen (secondary N) is 1. The number of benzene rings is 1. The van der Waals surface area contributed by atoms with E-state index in [9.17, 15) is 14.4 Å². The molecule has 0 bridgehead atoms. The van der Waals surface area contributed by atoms with E-state index in [4.69, 9.17) is 9.47 Å². The number of nitrogens with zero attached hydrogens (tertiary/aromatic N) is 2. The highest BCUT2D eigenvalue weighted by Crippen LogP contribution is 2.22. The molecule has 8 nitrogen and oxygen atoms in total. The van der Waals surface area contributed by atoms with Gasteiger partial charge in [-0.1, -0.05) is 13.3 Å². The maximum atomic E-state index is 12.4. The molecule has 0 saturated carbocycles. The Morgan fingerprint density at radius 2 is 2.08 bits per heavy atom. The Bertz CT molecular complexity index is 660. The molecule has 0 radical (unpaired) electrons. The van der Waals surface area contributed by atoms with Gasteiger partial charge in [0.05, 0.1) is 12.6 Å². The lowest BCUT2D eigenvalue weighted by Crippen LogP contribution is -2.42. The minimum absolute atomic E-state index is 0.214. The van der Waals surface area contributed by atoms with Crippen LogP contribution in [0, 0.1) is 0 Å². The summed E-state index contributed by atoms with van der Waals surface area (Å²) in [5.74, 6) is 0.421. The lowest BCUT2D eigenvalue weighted by molar-refractivity contribution is -0.127. The molecule has 0 aromatic heterocycles. The first-order valence-corrected chi connectivity index (χ1v) is 8.86. The van der Waals surface area contributed by atoms with Crippen molar-refractivity contribution in [2.24, 2.45) is 0 Å². The van der Waals surface area contributed by atoms with Crippen LogP contribution in [0.15, 0.2) is 24.3 Å². The second kappa shape index (κ2) is 8.07. The Kier molecular flexibility index (Phi) is 5.60. The summed E-state index contributed by atoms with van der Waals surface area (Å²) in [6.07, 6.45) is 2.01. The maximum absolute atomic E-state index is 12.4. The lowest BCUT2D eigenvalue weighted by Gasteiger charge is -2.20. The summed E-state index contributed by atoms with van der Waals surface area (Å²) in [6, 6.07) is 6.63. The molecule has 4 amide bonds. The van der Waals surface area contributed by atoms with Crippen LogP contribution in [0.25, 0.3) is 0 Å². The average Bonchev–Trinajstić information content (AvgIpc) is 3.23. The van der Waals surface area contributed by atoms with E-state index < -0.39 is 6.09 Å². The highest BCUT2D eigenvalue weighted by atomic mass is 16.6. The number of anilines is 1. The number of rotatable bonds is 6. The van der Waals surface area contributed by atoms with Gasteiger partial charge in [-0.15, -0.1) is 0 Å². The van der Waals surface area contributed by atoms with E-state index in [1.165, 1.54) is 0 Å². The molecule has 0 spiro atoms. The summed E-state index contributed by atoms with van der Waals surface area (Å²) >= 11 is 0. The SMILES string of the molecule is CCCCOc1ccc(NC(=O)N2CCC(N3C(=O)COC3=O)C2)cc1. The van der Waals surface area contributed by atoms with Crippen molar-refractivity contribution in [1.82, 2.24) is 9.80 Å². The summed E-state index contributed by atoms with van der Waals surface area (Å²) < 4.78 is 10.3. The van der Waals surface area contributed by atoms with Crippen molar-refractivity contribution in [3.63, 3.8) is 0 Å². The van der Waals surface area contributed by atoms with Gasteiger partial charge in [-0.2, -0.15) is 0 Å². The molecule has 3 rings (SSSR count). The summed E-state index contributed by atoms with van der Waals surface area (Å²) in [7, 11) is 0. The third kappa shape index (κ3) is 4.07. The molecule has 2 fully saturated rings. The van der Waals surface area contributed by atoms with Gasteiger partial charge in [-0.3, -0.25) is 4.79 Å². The van der Waals surface area contributed by atoms with E-state index >= 15 is 0 Å². The third-order valence-electron chi connectivity index (χ3n) is 4.47. The summed E-state index contributed by atoms with van der Waals surface area (Å²) in [6.45, 7) is 3.35. The number of carbonyl (C=O) groups excluding carboxylic acids is 3. The zero-order chi connectivity index (χ0) is 18.5. The fourth-order valence-corrected chi connectivity index (χ4v) is 3.03. The number of cyclic esters (lactones) is 1. The number of urea groups is 1. The zero-order valence-electron chi connectivity index (χ0n) is 14.8. The van der Waals surface area contributed by atoms with Gasteiger partial charge < -0.3 is 19.7 Å². The van der Waals surface area contributed by atoms with E-state index in [1.807, 2.05) is 12.1 Å². The first-order chi connectivity index (χ1) is 12.6. The second-order valence-electron chi connectivity index (χ2n) is 6.36. The molecule has 0 aliphatic carbocycles. The number of hydrogen-bond donors (Lipinski definition) is 1. The molecule has 1 unspecified atom stereocenters. The van der Waals surface area contributed by atoms with Crippen LogP contribution >= 0.6 is 0 Å². The van der Waals surface area contributed by atoms with Crippen LogP contribution in [-0.2, 0) is 9.53 Å². The molecule has 26 heavy (non-hydrogen) atoms. The summed E-state index contributed by atoms with van der Waals surface area (Å²) in [5, 5.41) is 2.82. The maximum Gasteiger partial charge on any atom is 0.417 e. The Morgan fingerprint density at radius 3 is 2.73 bits per heavy atom. The standard InChI is InChI=1S/C18H23N3O5/c1-2-3-10-25-15-6-4-13(5-7-15)19-17(23)20-9-8-14(11-20)21-16(22)12-26-18(21)24/h4-7,14H,2-3,8-12H2,1H3,(H,19,23). The van der Waals surface area contributed by atoms with Crippen molar-refractivity contribution < 1.29 is 23.9 Å². The van der Waals surface area contributed by atoms with Gasteiger partial charge in [0.15, 0.2) is 6.61 Å². The molecule has 8 heteroatoms. The molecule has 2 saturated heterocycles. The number of carbonyl (C=O) groups is 3. The Balaban J connectivity index is 1.51. The van der Waals surface area contributed by atoms with E-state index in [0.717, 1.165) is 23.5 Å². The number of imide groups is 1. The van der Waals surface area contributed by atoms with Crippen LogP contribution in [0.3, 0.4) is 0 Å². The summed E-state index contributed by atoms with van der Waals surface area (Å²) in [5.41, 5.74) is 0.665. The second-order valence-corrected chi connectivity index (χ2v) is 6.36. The lowest BCUT2D eigenvalue weighted by atomic mass is 10.2. The quantitative estimate of drug-likeness (QED) is 0.786. The average molecular weight is 361 g/mol. The van der Waals surface area contributed by atoms with Gasteiger partial charge in [-0.25, -0.2) is 14.5 Å². The van der Waals surface area contributed by atoms with Crippen LogP contribution in [-0.4, -0.2) is 60.2 Å². The molecule has 2 aliphatic rings. The molecule has 2 aliphatic heterocycles. The Morgan fingerprint density at radius 1 is 1.31 bits per heavy atom. The fourth-order valence-electron chi connectivity index (χ4n) is 3.03. The fraction of sp³-hybridized carbons (Fsp3) is 0.500. The van der Waals surface area contributed by atoms with E-state index in [2.05, 4.69) is 12.2 Å². The van der Waals surface area contributed by atoms with Crippen LogP contribution in [0.1, 0.15) is 26.2 Å². The molecule has 1 aromatic rings. The smallest absolute Gasteiger partial charge is 0.417 e. The van der Waals surface area contributed by atoms with Gasteiger partial charge in [0.25, 0.3) is 5.91 Å². The van der Waals surface area contributed by atoms with Crippen molar-refractivity contribution in [1.29, 1.82) is 0 Å². The van der Waals surface area contributed by atoms with Crippen molar-refractivity contribution >= 4 is 23.7 Å². The predicted octanol–water partition coefficient (Wildman–Crippen LogP) is 2.45. The molecule has 1 N–H and O–H groups in total. The number of ether oxygens (including phenoxy) is 2.